The zero-order valence-corrected chi connectivity index (χ0v) is 12.6. The van der Waals surface area contributed by atoms with E-state index in [1.165, 1.54) is 0 Å². The minimum absolute atomic E-state index is 0. The van der Waals surface area contributed by atoms with Gasteiger partial charge in [-0.15, -0.1) is 12.4 Å². The van der Waals surface area contributed by atoms with Crippen molar-refractivity contribution in [2.45, 2.75) is 31.4 Å². The van der Waals surface area contributed by atoms with Crippen LogP contribution in [0.4, 0.5) is 5.69 Å². The highest BCUT2D eigenvalue weighted by atomic mass is 35.5. The molecular weight excluding hydrogens is 299 g/mol. The maximum atomic E-state index is 12.6. The van der Waals surface area contributed by atoms with E-state index in [0.717, 1.165) is 19.3 Å². The molecule has 4 nitrogen and oxygen atoms in total. The van der Waals surface area contributed by atoms with Gasteiger partial charge in [0.2, 0.25) is 0 Å². The minimum Gasteiger partial charge on any atom is -0.399 e. The zero-order valence-electron chi connectivity index (χ0n) is 11.0. The number of amides is 1. The van der Waals surface area contributed by atoms with Crippen LogP contribution in [0, 0.1) is 0 Å². The fourth-order valence-electron chi connectivity index (χ4n) is 3.04. The zero-order chi connectivity index (χ0) is 13.4. The van der Waals surface area contributed by atoms with Crippen molar-refractivity contribution >= 4 is 35.6 Å². The van der Waals surface area contributed by atoms with E-state index in [0.29, 0.717) is 29.4 Å². The summed E-state index contributed by atoms with van der Waals surface area (Å²) in [5, 5.41) is 0.422. The van der Waals surface area contributed by atoms with Gasteiger partial charge in [-0.2, -0.15) is 0 Å². The number of carbonyl (C=O) groups excluding carboxylic acids is 1. The van der Waals surface area contributed by atoms with Gasteiger partial charge in [0.1, 0.15) is 0 Å². The summed E-state index contributed by atoms with van der Waals surface area (Å²) in [5.41, 5.74) is 6.76. The van der Waals surface area contributed by atoms with Crippen LogP contribution in [0.15, 0.2) is 18.2 Å². The molecule has 0 spiro atoms. The molecule has 1 aromatic carbocycles. The summed E-state index contributed by atoms with van der Waals surface area (Å²) in [5.74, 6) is -0.00907. The molecule has 1 aliphatic heterocycles. The van der Waals surface area contributed by atoms with E-state index >= 15 is 0 Å². The second-order valence-corrected chi connectivity index (χ2v) is 5.55. The first-order valence-corrected chi connectivity index (χ1v) is 7.02. The number of fused-ring (bicyclic) bond motifs is 1. The highest BCUT2D eigenvalue weighted by Gasteiger charge is 2.38. The Hall–Kier alpha value is -0.970. The number of benzene rings is 1. The number of rotatable bonds is 1. The minimum atomic E-state index is -0.00907. The number of nitrogen functional groups attached to an aromatic ring is 1. The number of hydrogen-bond donors (Lipinski definition) is 1. The predicted octanol–water partition coefficient (Wildman–Crippen LogP) is 2.74. The van der Waals surface area contributed by atoms with Gasteiger partial charge in [0, 0.05) is 12.2 Å². The molecule has 2 unspecified atom stereocenters. The Morgan fingerprint density at radius 2 is 2.20 bits per heavy atom. The molecule has 1 heterocycles. The molecule has 1 aromatic rings. The van der Waals surface area contributed by atoms with Crippen LogP contribution in [-0.4, -0.2) is 36.1 Å². The summed E-state index contributed by atoms with van der Waals surface area (Å²) < 4.78 is 5.72. The third kappa shape index (κ3) is 2.73. The Balaban J connectivity index is 0.00000147. The van der Waals surface area contributed by atoms with Gasteiger partial charge in [-0.25, -0.2) is 0 Å². The van der Waals surface area contributed by atoms with Crippen molar-refractivity contribution in [2.75, 3.05) is 18.9 Å². The van der Waals surface area contributed by atoms with Crippen LogP contribution in [-0.2, 0) is 4.74 Å². The molecule has 110 valence electrons. The summed E-state index contributed by atoms with van der Waals surface area (Å²) in [4.78, 5) is 14.5. The summed E-state index contributed by atoms with van der Waals surface area (Å²) in [6, 6.07) is 5.25. The molecule has 3 rings (SSSR count). The Morgan fingerprint density at radius 3 is 2.95 bits per heavy atom. The van der Waals surface area contributed by atoms with Gasteiger partial charge in [0.15, 0.2) is 0 Å². The van der Waals surface area contributed by atoms with Crippen molar-refractivity contribution in [1.29, 1.82) is 0 Å². The van der Waals surface area contributed by atoms with Gasteiger partial charge in [0.25, 0.3) is 5.91 Å². The second-order valence-electron chi connectivity index (χ2n) is 5.15. The monoisotopic (exact) mass is 316 g/mol. The average Bonchev–Trinajstić information content (AvgIpc) is 2.86. The Bertz CT molecular complexity index is 510. The summed E-state index contributed by atoms with van der Waals surface area (Å²) in [7, 11) is 0. The number of ether oxygens (including phenoxy) is 1. The van der Waals surface area contributed by atoms with E-state index in [1.54, 1.807) is 18.2 Å². The lowest BCUT2D eigenvalue weighted by Crippen LogP contribution is -2.51. The normalized spacial score (nSPS) is 24.9. The first-order chi connectivity index (χ1) is 9.16. The number of morpholine rings is 1. The van der Waals surface area contributed by atoms with E-state index < -0.39 is 0 Å². The quantitative estimate of drug-likeness (QED) is 0.810. The molecule has 0 aromatic heterocycles. The molecule has 0 radical (unpaired) electrons. The SMILES string of the molecule is Cl.Nc1ccc(C(=O)N2CCOC3CCCC32)c(Cl)c1. The molecular formula is C14H18Cl2N2O2. The lowest BCUT2D eigenvalue weighted by atomic mass is 10.1. The number of anilines is 1. The third-order valence-electron chi connectivity index (χ3n) is 3.97. The number of hydrogen-bond acceptors (Lipinski definition) is 3. The van der Waals surface area contributed by atoms with Crippen molar-refractivity contribution in [1.82, 2.24) is 4.90 Å². The predicted molar refractivity (Wildman–Crippen MR) is 81.5 cm³/mol. The maximum absolute atomic E-state index is 12.6. The van der Waals surface area contributed by atoms with Gasteiger partial charge in [0.05, 0.1) is 29.3 Å². The highest BCUT2D eigenvalue weighted by molar-refractivity contribution is 6.34. The fraction of sp³-hybridized carbons (Fsp3) is 0.500. The van der Waals surface area contributed by atoms with Crippen molar-refractivity contribution in [3.63, 3.8) is 0 Å². The van der Waals surface area contributed by atoms with Gasteiger partial charge in [-0.1, -0.05) is 11.6 Å². The topological polar surface area (TPSA) is 55.6 Å². The van der Waals surface area contributed by atoms with Crippen LogP contribution in [0.1, 0.15) is 29.6 Å². The van der Waals surface area contributed by atoms with Crippen LogP contribution < -0.4 is 5.73 Å². The fourth-order valence-corrected chi connectivity index (χ4v) is 3.31. The molecule has 2 aliphatic rings. The summed E-state index contributed by atoms with van der Waals surface area (Å²) in [6.07, 6.45) is 3.38. The van der Waals surface area contributed by atoms with Gasteiger partial charge < -0.3 is 15.4 Å². The number of nitrogens with two attached hydrogens (primary N) is 1. The van der Waals surface area contributed by atoms with Crippen LogP contribution in [0.25, 0.3) is 0 Å². The van der Waals surface area contributed by atoms with E-state index in [9.17, 15) is 4.79 Å². The second kappa shape index (κ2) is 6.20. The van der Waals surface area contributed by atoms with Crippen molar-refractivity contribution in [3.8, 4) is 0 Å². The molecule has 0 bridgehead atoms. The number of nitrogens with zero attached hydrogens (tertiary/aromatic N) is 1. The molecule has 1 saturated heterocycles. The molecule has 2 N–H and O–H groups in total. The van der Waals surface area contributed by atoms with Crippen LogP contribution in [0.3, 0.4) is 0 Å². The molecule has 20 heavy (non-hydrogen) atoms. The summed E-state index contributed by atoms with van der Waals surface area (Å²) in [6.45, 7) is 1.25. The molecule has 1 saturated carbocycles. The van der Waals surface area contributed by atoms with Crippen molar-refractivity contribution in [3.05, 3.63) is 28.8 Å². The Morgan fingerprint density at radius 1 is 1.40 bits per heavy atom. The van der Waals surface area contributed by atoms with Crippen LogP contribution >= 0.6 is 24.0 Å². The van der Waals surface area contributed by atoms with E-state index in [2.05, 4.69) is 0 Å². The van der Waals surface area contributed by atoms with E-state index in [-0.39, 0.29) is 30.5 Å². The largest absolute Gasteiger partial charge is 0.399 e. The first kappa shape index (κ1) is 15.4. The maximum Gasteiger partial charge on any atom is 0.255 e. The molecule has 1 amide bonds. The Labute approximate surface area is 129 Å². The van der Waals surface area contributed by atoms with E-state index in [4.69, 9.17) is 22.1 Å². The highest BCUT2D eigenvalue weighted by Crippen LogP contribution is 2.31. The standard InChI is InChI=1S/C14H17ClN2O2.ClH/c15-11-8-9(16)4-5-10(11)14(18)17-6-7-19-13-3-1-2-12(13)17;/h4-5,8,12-13H,1-3,6-7,16H2;1H. The van der Waals surface area contributed by atoms with E-state index in [1.807, 2.05) is 4.90 Å². The van der Waals surface area contributed by atoms with Crippen LogP contribution in [0.2, 0.25) is 5.02 Å². The molecule has 2 atom stereocenters. The average molecular weight is 317 g/mol. The molecule has 1 aliphatic carbocycles. The van der Waals surface area contributed by atoms with Gasteiger partial charge in [-0.3, -0.25) is 4.79 Å². The molecule has 6 heteroatoms. The van der Waals surface area contributed by atoms with Gasteiger partial charge in [-0.05, 0) is 37.5 Å². The summed E-state index contributed by atoms with van der Waals surface area (Å²) >= 11 is 6.13. The van der Waals surface area contributed by atoms with Crippen molar-refractivity contribution < 1.29 is 9.53 Å². The lowest BCUT2D eigenvalue weighted by molar-refractivity contribution is -0.0445. The van der Waals surface area contributed by atoms with Crippen molar-refractivity contribution in [2.24, 2.45) is 0 Å². The number of carbonyl (C=O) groups is 1. The van der Waals surface area contributed by atoms with Gasteiger partial charge >= 0.3 is 0 Å². The molecule has 2 fully saturated rings. The van der Waals surface area contributed by atoms with Crippen LogP contribution in [0.5, 0.6) is 0 Å². The lowest BCUT2D eigenvalue weighted by Gasteiger charge is -2.37. The first-order valence-electron chi connectivity index (χ1n) is 6.64. The third-order valence-corrected chi connectivity index (χ3v) is 4.28. The smallest absolute Gasteiger partial charge is 0.255 e. The Kier molecular flexibility index (Phi) is 4.78. The number of halogens is 2.